The minimum Gasteiger partial charge on any atom is -0.192 e. The molecular formula is C60H26N16Y2+4. The summed E-state index contributed by atoms with van der Waals surface area (Å²) in [6.07, 6.45) is 0. The molecule has 0 amide bonds. The molecule has 2 radical (unpaired) electrons. The molecule has 0 aliphatic carbocycles. The summed E-state index contributed by atoms with van der Waals surface area (Å²) in [7, 11) is 0. The molecule has 12 aliphatic heterocycles. The van der Waals surface area contributed by atoms with Gasteiger partial charge in [-0.2, -0.15) is 18.3 Å². The molecule has 0 fully saturated rings. The molecule has 23 rings (SSSR count). The van der Waals surface area contributed by atoms with Gasteiger partial charge in [-0.3, -0.25) is 0 Å². The van der Waals surface area contributed by atoms with Crippen LogP contribution in [0.1, 0.15) is 44.5 Å². The minimum absolute atomic E-state index is 0. The first-order valence-electron chi connectivity index (χ1n) is 25.6. The van der Waals surface area contributed by atoms with Gasteiger partial charge in [-0.1, -0.05) is 113 Å². The van der Waals surface area contributed by atoms with Crippen molar-refractivity contribution in [3.8, 4) is 0 Å². The first-order chi connectivity index (χ1) is 37.7. The third kappa shape index (κ3) is 3.76. The number of rotatable bonds is 0. The van der Waals surface area contributed by atoms with E-state index in [2.05, 4.69) is 194 Å². The molecule has 4 aromatic heterocycles. The largest absolute Gasteiger partial charge is 0.404 e. The smallest absolute Gasteiger partial charge is 0.192 e. The van der Waals surface area contributed by atoms with Crippen molar-refractivity contribution in [2.24, 2.45) is 39.9 Å². The summed E-state index contributed by atoms with van der Waals surface area (Å²) in [4.78, 5) is 45.9. The van der Waals surface area contributed by atoms with Gasteiger partial charge in [0, 0.05) is 109 Å². The second-order valence-corrected chi connectivity index (χ2v) is 21.2. The summed E-state index contributed by atoms with van der Waals surface area (Å²) in [5, 5.41) is 8.20. The van der Waals surface area contributed by atoms with Gasteiger partial charge in [0.05, 0.1) is 44.5 Å². The van der Waals surface area contributed by atoms with Crippen LogP contribution in [-0.4, -0.2) is 83.3 Å². The van der Waals surface area contributed by atoms with Crippen LogP contribution in [0.4, 0.5) is 23.3 Å². The van der Waals surface area contributed by atoms with Gasteiger partial charge in [0.1, 0.15) is 0 Å². The van der Waals surface area contributed by atoms with Crippen molar-refractivity contribution in [2.45, 2.75) is 11.8 Å². The Morgan fingerprint density at radius 1 is 0.256 bits per heavy atom. The van der Waals surface area contributed by atoms with Gasteiger partial charge in [-0.25, -0.2) is 0 Å². The number of amidine groups is 8. The molecule has 0 saturated carbocycles. The zero-order chi connectivity index (χ0) is 48.1. The number of nitrogens with zero attached hydrogens (tertiary/aromatic N) is 16. The van der Waals surface area contributed by atoms with Gasteiger partial charge >= 0.3 is 11.8 Å². The van der Waals surface area contributed by atoms with Crippen molar-refractivity contribution in [3.05, 3.63) is 224 Å². The molecule has 348 valence electrons. The molecule has 7 aromatic carbocycles. The monoisotopic (exact) mass is 1150 g/mol. The van der Waals surface area contributed by atoms with E-state index in [-0.39, 0.29) is 65.4 Å². The van der Waals surface area contributed by atoms with Gasteiger partial charge in [-0.15, -0.1) is 18.3 Å². The molecule has 0 N–H and O–H groups in total. The van der Waals surface area contributed by atoms with Crippen molar-refractivity contribution in [1.29, 1.82) is 0 Å². The summed E-state index contributed by atoms with van der Waals surface area (Å²) >= 11 is 0. The standard InChI is InChI=1S/C60H26N16.2Y/c1-2-14-28-27(13-1)43-61-47-31-17-5-9-21-35(31)51-65-55-39-25-41-42(26-40(39)56-66-52-36-22-10-6-18-32(36)48-62-44(28)69(43)59(71(47)51,72(48)52)75(55)56)58-68-54-38-24-12-8-20-34(38)50-64-46-30-16-4-3-15-29(30)45-63-49-33-19-7-11-23-37(33)53-67-57(41)76(58)60(70(45)46,73(49)53)74(50)54;;/h1-26H;;/q+4;;. The molecule has 78 heavy (non-hydrogen) atoms. The van der Waals surface area contributed by atoms with E-state index in [0.717, 1.165) is 180 Å². The zero-order valence-corrected chi connectivity index (χ0v) is 46.0. The van der Waals surface area contributed by atoms with Gasteiger partial charge in [0.2, 0.25) is 45.2 Å². The first-order valence-corrected chi connectivity index (χ1v) is 25.6. The third-order valence-corrected chi connectivity index (χ3v) is 18.1. The fourth-order valence-electron chi connectivity index (χ4n) is 15.3. The molecule has 2 unspecified atom stereocenters. The Labute approximate surface area is 486 Å². The van der Waals surface area contributed by atoms with E-state index in [4.69, 9.17) is 39.9 Å². The van der Waals surface area contributed by atoms with E-state index >= 15 is 0 Å². The maximum atomic E-state index is 5.84. The number of aromatic nitrogens is 4. The van der Waals surface area contributed by atoms with Crippen molar-refractivity contribution < 1.29 is 83.7 Å². The molecule has 11 aromatic rings. The summed E-state index contributed by atoms with van der Waals surface area (Å²) in [5.41, 5.74) is 11.3. The van der Waals surface area contributed by atoms with Crippen LogP contribution < -0.4 is 22.0 Å². The second-order valence-electron chi connectivity index (χ2n) is 21.2. The topological polar surface area (TPSA) is 131 Å². The van der Waals surface area contributed by atoms with Crippen molar-refractivity contribution >= 4 is 113 Å². The molecule has 2 atom stereocenters. The van der Waals surface area contributed by atoms with Crippen LogP contribution >= 0.6 is 0 Å². The Bertz CT molecular complexity index is 5380. The van der Waals surface area contributed by atoms with E-state index in [1.807, 2.05) is 0 Å². The van der Waals surface area contributed by atoms with Gasteiger partial charge < -0.3 is 0 Å². The third-order valence-electron chi connectivity index (χ3n) is 18.1. The number of hydrogen-bond acceptors (Lipinski definition) is 8. The maximum absolute atomic E-state index is 5.84. The fourth-order valence-corrected chi connectivity index (χ4v) is 15.3. The Balaban J connectivity index is 0.00000218. The van der Waals surface area contributed by atoms with E-state index in [1.54, 1.807) is 0 Å². The van der Waals surface area contributed by atoms with Crippen molar-refractivity contribution in [1.82, 2.24) is 18.3 Å². The first kappa shape index (κ1) is 40.7. The minimum atomic E-state index is -1.14. The Morgan fingerprint density at radius 2 is 0.513 bits per heavy atom. The number of fused-ring (bicyclic) bond motifs is 24. The van der Waals surface area contributed by atoms with Crippen molar-refractivity contribution in [2.75, 3.05) is 0 Å². The quantitative estimate of drug-likeness (QED) is 0.172. The van der Waals surface area contributed by atoms with Gasteiger partial charge in [0.25, 0.3) is 46.7 Å². The maximum Gasteiger partial charge on any atom is 0.404 e. The molecule has 16 heterocycles. The van der Waals surface area contributed by atoms with Crippen LogP contribution in [0, 0.1) is 0 Å². The molecule has 2 spiro atoms. The summed E-state index contributed by atoms with van der Waals surface area (Å²) in [6.45, 7) is 0. The van der Waals surface area contributed by atoms with E-state index < -0.39 is 11.8 Å². The molecular weight excluding hydrogens is 1120 g/mol. The zero-order valence-electron chi connectivity index (χ0n) is 40.3. The molecule has 0 bridgehead atoms. The average molecular weight is 1150 g/mol. The molecule has 0 saturated heterocycles. The van der Waals surface area contributed by atoms with Crippen LogP contribution in [0.2, 0.25) is 0 Å². The molecule has 18 heteroatoms. The van der Waals surface area contributed by atoms with E-state index in [1.165, 1.54) is 0 Å². The van der Waals surface area contributed by atoms with Crippen molar-refractivity contribution in [3.63, 3.8) is 0 Å². The predicted molar refractivity (Wildman–Crippen MR) is 281 cm³/mol. The number of aliphatic imine (C=N–C) groups is 4. The second kappa shape index (κ2) is 12.6. The van der Waals surface area contributed by atoms with Crippen LogP contribution in [0.3, 0.4) is 0 Å². The summed E-state index contributed by atoms with van der Waals surface area (Å²) in [6, 6.07) is 56.0. The number of benzene rings is 7. The summed E-state index contributed by atoms with van der Waals surface area (Å²) in [5.74, 6) is 7.58. The van der Waals surface area contributed by atoms with Gasteiger partial charge in [0.15, 0.2) is 0 Å². The Hall–Kier alpha value is -8.53. The van der Waals surface area contributed by atoms with Crippen LogP contribution in [0.5, 0.6) is 0 Å². The summed E-state index contributed by atoms with van der Waals surface area (Å²) < 4.78 is 18.9. The van der Waals surface area contributed by atoms with Crippen LogP contribution in [0.15, 0.2) is 198 Å². The Morgan fingerprint density at radius 3 is 0.846 bits per heavy atom. The SMILES string of the molecule is [Y].[Y].c1ccc2c(c1)C1=Nc3c4ccccc4c4n3C35n6c(c7ccccc7c6=NC6=[N+]3C(=N4)c3cc4c(cc36)C3=[N+]6C4=Nc4c7ccccc7c7n4C64n6c(c8ccccc8c6=N3)=NC3=[N+]4C(=N7)c4ccccc43)=NC2=[N+]15. The van der Waals surface area contributed by atoms with E-state index in [9.17, 15) is 0 Å². The molecule has 12 aliphatic rings. The average Bonchev–Trinajstić information content (AvgIpc) is 2.69. The fraction of sp³-hybridized carbons (Fsp3) is 0.0333. The van der Waals surface area contributed by atoms with Crippen LogP contribution in [0.25, 0.3) is 43.1 Å². The van der Waals surface area contributed by atoms with Gasteiger partial charge in [-0.05, 0) is 84.9 Å². The Kier molecular flexibility index (Phi) is 6.56. The molecule has 16 nitrogen and oxygen atoms in total. The van der Waals surface area contributed by atoms with Crippen LogP contribution in [-0.2, 0) is 77.2 Å². The van der Waals surface area contributed by atoms with E-state index in [0.29, 0.717) is 0 Å². The normalized spacial score (nSPS) is 21.2. The number of hydrogen-bond donors (Lipinski definition) is 0. The predicted octanol–water partition coefficient (Wildman–Crippen LogP) is 5.72.